The van der Waals surface area contributed by atoms with Crippen LogP contribution in [0, 0.1) is 44.2 Å². The molecule has 12 rings (SSSR count). The van der Waals surface area contributed by atoms with Crippen LogP contribution in [-0.4, -0.2) is 41.1 Å². The number of ether oxygens (including phenoxy) is 4. The molecule has 0 fully saturated rings. The van der Waals surface area contributed by atoms with Crippen molar-refractivity contribution in [1.82, 2.24) is 0 Å². The minimum atomic E-state index is -1.40. The van der Waals surface area contributed by atoms with E-state index in [1.54, 1.807) is 29.5 Å². The fourth-order valence-corrected chi connectivity index (χ4v) is 14.4. The van der Waals surface area contributed by atoms with E-state index in [1.165, 1.54) is 46.9 Å². The van der Waals surface area contributed by atoms with Crippen molar-refractivity contribution in [3.63, 3.8) is 0 Å². The molecule has 0 saturated carbocycles. The molecule has 2 aliphatic rings. The van der Waals surface area contributed by atoms with Crippen molar-refractivity contribution in [2.75, 3.05) is 0 Å². The van der Waals surface area contributed by atoms with Crippen LogP contribution in [0.1, 0.15) is 125 Å². The quantitative estimate of drug-likeness (QED) is 0.0313. The average molecular weight is 1420 g/mol. The number of hydrogen-bond acceptors (Lipinski definition) is 9. The summed E-state index contributed by atoms with van der Waals surface area (Å²) in [6.45, 7) is 20.0. The van der Waals surface area contributed by atoms with E-state index in [4.69, 9.17) is 18.9 Å². The molecule has 0 bridgehead atoms. The number of carbonyl (C=O) groups excluding carboxylic acids is 2. The molecule has 0 spiro atoms. The van der Waals surface area contributed by atoms with Gasteiger partial charge >= 0.3 is 18.9 Å². The molecule has 0 saturated heterocycles. The second-order valence-corrected chi connectivity index (χ2v) is 28.0. The molecule has 0 aliphatic heterocycles. The molecule has 0 unspecified atom stereocenters. The molecular weight excluding hydrogens is 1330 g/mol. The summed E-state index contributed by atoms with van der Waals surface area (Å²) in [5.41, 5.74) is 11.8. The van der Waals surface area contributed by atoms with Gasteiger partial charge in [0.25, 0.3) is 0 Å². The zero-order valence-electron chi connectivity index (χ0n) is 58.0. The van der Waals surface area contributed by atoms with Crippen molar-refractivity contribution < 1.29 is 61.3 Å². The maximum Gasteiger partial charge on any atom is 1.00 e. The van der Waals surface area contributed by atoms with E-state index in [0.717, 1.165) is 107 Å². The van der Waals surface area contributed by atoms with Gasteiger partial charge in [-0.3, -0.25) is 9.59 Å². The normalized spacial score (nSPS) is 18.6. The average Bonchev–Trinajstić information content (AvgIpc) is 0.874. The smallest absolute Gasteiger partial charge is 0.378 e. The van der Waals surface area contributed by atoms with Crippen molar-refractivity contribution in [2.45, 2.75) is 137 Å². The van der Waals surface area contributed by atoms with Crippen molar-refractivity contribution in [2.24, 2.45) is 11.8 Å². The van der Waals surface area contributed by atoms with Gasteiger partial charge in [0.15, 0.2) is 5.78 Å². The molecule has 99 heavy (non-hydrogen) atoms. The fourth-order valence-electron chi connectivity index (χ4n) is 12.0. The predicted octanol–water partition coefficient (Wildman–Crippen LogP) is 19.0. The number of ketones is 2. The summed E-state index contributed by atoms with van der Waals surface area (Å²) in [5, 5.41) is 12.8. The third-order valence-electron chi connectivity index (χ3n) is 17.9. The zero-order valence-corrected chi connectivity index (χ0v) is 61.2. The predicted molar refractivity (Wildman–Crippen MR) is 400 cm³/mol. The van der Waals surface area contributed by atoms with E-state index in [-0.39, 0.29) is 66.1 Å². The van der Waals surface area contributed by atoms with Crippen LogP contribution in [0.3, 0.4) is 0 Å². The summed E-state index contributed by atoms with van der Waals surface area (Å²) in [6, 6.07) is 73.1. The molecular formula is C86H88BrF2LiO7S2. The third-order valence-corrected chi connectivity index (χ3v) is 20.6. The van der Waals surface area contributed by atoms with Crippen molar-refractivity contribution in [3.8, 4) is 20.9 Å². The second-order valence-electron chi connectivity index (χ2n) is 24.8. The Bertz CT molecular complexity index is 4200. The Morgan fingerprint density at radius 2 is 1.02 bits per heavy atom. The van der Waals surface area contributed by atoms with E-state index in [9.17, 15) is 23.5 Å². The summed E-state index contributed by atoms with van der Waals surface area (Å²) in [5.74, 6) is -0.257. The standard InChI is InChI=1S/C41H41FO3S.C23H26O3.C18H12BrFOS.C4H9.Li/c1-4-32-25-41(43,35-18-15-28(2)34(23-35)24-37-21-22-38(46-37)33-16-19-36(42)20-17-33)40(45-27-31-13-9-6-10-14-31)39(29(32)3)44-26-30-11-7-5-8-12-30;1-3-20-14-21(24)23(26-16-19-12-8-5-9-13-19)22(17(20)2)25-15-18-10-6-4-7-11-18;1-11-2-5-13(19)10-15(11)18(21)17-9-8-16(22-17)12-3-6-14(20)7-4-12;1-3-4-2;/h5-23,25,29,39-40,43H,4,24,26-27H2,1-3H3;4-14,17,22-23H,3,15-16H2,1-2H3;2-10H,1H3;1,3-4H2,2H3;/q;;;-1;+1/t29-,39+,40-,41-;17-,22+,23+;;;/m11.../s1. The van der Waals surface area contributed by atoms with Gasteiger partial charge in [0.2, 0.25) is 5.78 Å². The summed E-state index contributed by atoms with van der Waals surface area (Å²) in [6.07, 6.45) is 6.61. The summed E-state index contributed by atoms with van der Waals surface area (Å²) >= 11 is 6.53. The van der Waals surface area contributed by atoms with Gasteiger partial charge in [0.05, 0.1) is 43.5 Å². The molecule has 0 amide bonds. The van der Waals surface area contributed by atoms with Gasteiger partial charge in [0.1, 0.15) is 29.4 Å². The summed E-state index contributed by atoms with van der Waals surface area (Å²) in [4.78, 5) is 29.3. The van der Waals surface area contributed by atoms with Gasteiger partial charge in [-0.05, 0) is 155 Å². The van der Waals surface area contributed by atoms with Crippen molar-refractivity contribution in [3.05, 3.63) is 337 Å². The topological polar surface area (TPSA) is 91.3 Å². The van der Waals surface area contributed by atoms with Crippen LogP contribution < -0.4 is 18.9 Å². The van der Waals surface area contributed by atoms with Crippen LogP contribution in [0.4, 0.5) is 8.78 Å². The number of rotatable bonds is 22. The molecule has 1 N–H and O–H groups in total. The largest absolute Gasteiger partial charge is 1.00 e. The molecule has 2 aliphatic carbocycles. The van der Waals surface area contributed by atoms with Gasteiger partial charge in [0, 0.05) is 42.9 Å². The molecule has 10 aromatic rings. The first kappa shape index (κ1) is 77.5. The van der Waals surface area contributed by atoms with E-state index in [1.807, 2.05) is 171 Å². The summed E-state index contributed by atoms with van der Waals surface area (Å²) in [7, 11) is 0. The van der Waals surface area contributed by atoms with Gasteiger partial charge < -0.3 is 31.0 Å². The maximum atomic E-state index is 13.5. The molecule has 8 aromatic carbocycles. The van der Waals surface area contributed by atoms with Gasteiger partial charge in [-0.25, -0.2) is 8.78 Å². The number of aryl methyl sites for hydroxylation is 2. The zero-order chi connectivity index (χ0) is 69.6. The first-order valence-corrected chi connectivity index (χ1v) is 36.1. The number of hydrogen-bond donors (Lipinski definition) is 1. The van der Waals surface area contributed by atoms with Crippen molar-refractivity contribution in [1.29, 1.82) is 0 Å². The van der Waals surface area contributed by atoms with Crippen LogP contribution in [0.15, 0.2) is 258 Å². The Hall–Kier alpha value is -7.28. The van der Waals surface area contributed by atoms with Crippen LogP contribution in [0.5, 0.6) is 0 Å². The number of aliphatic hydroxyl groups is 1. The monoisotopic (exact) mass is 1420 g/mol. The molecule has 13 heteroatoms. The molecule has 7 nitrogen and oxygen atoms in total. The molecule has 2 aromatic heterocycles. The molecule has 0 radical (unpaired) electrons. The van der Waals surface area contributed by atoms with Gasteiger partial charge in [-0.2, -0.15) is 6.42 Å². The first-order chi connectivity index (χ1) is 47.5. The maximum absolute atomic E-state index is 13.5. The van der Waals surface area contributed by atoms with Crippen LogP contribution >= 0.6 is 38.6 Å². The van der Waals surface area contributed by atoms with E-state index in [0.29, 0.717) is 36.9 Å². The molecule has 2 heterocycles. The number of carbonyl (C=O) groups is 2. The Balaban J connectivity index is 0.000000199. The summed E-state index contributed by atoms with van der Waals surface area (Å²) < 4.78 is 53.0. The first-order valence-electron chi connectivity index (χ1n) is 33.7. The van der Waals surface area contributed by atoms with Crippen LogP contribution in [0.25, 0.3) is 20.9 Å². The minimum absolute atomic E-state index is 0. The molecule has 508 valence electrons. The Labute approximate surface area is 613 Å². The molecule has 7 atom stereocenters. The number of thiophene rings is 2. The van der Waals surface area contributed by atoms with Gasteiger partial charge in [-0.15, -0.1) is 22.7 Å². The number of benzene rings is 8. The Morgan fingerprint density at radius 3 is 1.54 bits per heavy atom. The Kier molecular flexibility index (Phi) is 30.1. The van der Waals surface area contributed by atoms with Gasteiger partial charge in [-0.1, -0.05) is 238 Å². The second kappa shape index (κ2) is 38.5. The van der Waals surface area contributed by atoms with E-state index < -0.39 is 17.8 Å². The van der Waals surface area contributed by atoms with E-state index >= 15 is 0 Å². The minimum Gasteiger partial charge on any atom is -0.378 e. The van der Waals surface area contributed by atoms with Crippen LogP contribution in [0.2, 0.25) is 0 Å². The third kappa shape index (κ3) is 21.4. The van der Waals surface area contributed by atoms with Crippen LogP contribution in [-0.2, 0) is 62.2 Å². The number of halogens is 3. The van der Waals surface area contributed by atoms with E-state index in [2.05, 4.69) is 101 Å². The fraction of sp³-hybridized carbons (Fsp3) is 0.267. The van der Waals surface area contributed by atoms with Crippen molar-refractivity contribution >= 4 is 50.2 Å². The number of unbranched alkanes of at least 4 members (excludes halogenated alkanes) is 1. The Morgan fingerprint density at radius 1 is 0.556 bits per heavy atom. The SMILES string of the molecule is CCC1=CC(=O)[C@H](OCc2ccccc2)[C@@H](OCc2ccccc2)[C@@H]1C.CCC1=C[C@@](O)(c2ccc(C)c(Cc3ccc(-c4ccc(F)cc4)s3)c2)[C@H](OCc2ccccc2)[C@@H](OCc2ccccc2)[C@@H]1C.Cc1ccc(Br)cc1C(=O)c1ccc(-c2ccc(F)cc2)s1.[CH2-]CCC.[Li+].